The summed E-state index contributed by atoms with van der Waals surface area (Å²) in [5, 5.41) is 8.63. The van der Waals surface area contributed by atoms with Crippen molar-refractivity contribution in [3.8, 4) is 0 Å². The average Bonchev–Trinajstić information content (AvgIpc) is 2.40. The highest BCUT2D eigenvalue weighted by atomic mass is 16.5. The molecule has 1 unspecified atom stereocenters. The molecule has 1 atom stereocenters. The Hall–Kier alpha value is -1.03. The SMILES string of the molecule is NCC(C(=O)O)C1=CCCO1. The molecule has 1 rings (SSSR count). The highest BCUT2D eigenvalue weighted by Crippen LogP contribution is 2.18. The second-order valence-corrected chi connectivity index (χ2v) is 2.37. The summed E-state index contributed by atoms with van der Waals surface area (Å²) in [6, 6.07) is 0. The summed E-state index contributed by atoms with van der Waals surface area (Å²) in [6.07, 6.45) is 2.57. The summed E-state index contributed by atoms with van der Waals surface area (Å²) in [5.41, 5.74) is 5.25. The van der Waals surface area contributed by atoms with Crippen molar-refractivity contribution in [1.82, 2.24) is 0 Å². The summed E-state index contributed by atoms with van der Waals surface area (Å²) < 4.78 is 5.07. The van der Waals surface area contributed by atoms with Gasteiger partial charge in [0.05, 0.1) is 6.61 Å². The predicted molar refractivity (Wildman–Crippen MR) is 38.8 cm³/mol. The molecule has 1 aliphatic heterocycles. The van der Waals surface area contributed by atoms with Gasteiger partial charge in [0.25, 0.3) is 0 Å². The van der Waals surface area contributed by atoms with E-state index in [-0.39, 0.29) is 6.54 Å². The van der Waals surface area contributed by atoms with Crippen molar-refractivity contribution in [2.45, 2.75) is 6.42 Å². The number of hydrogen-bond acceptors (Lipinski definition) is 3. The largest absolute Gasteiger partial charge is 0.497 e. The van der Waals surface area contributed by atoms with E-state index in [1.54, 1.807) is 6.08 Å². The molecule has 0 bridgehead atoms. The number of carboxylic acid groups (broad SMARTS) is 1. The molecule has 0 aromatic carbocycles. The van der Waals surface area contributed by atoms with Gasteiger partial charge in [0.15, 0.2) is 0 Å². The molecule has 1 heterocycles. The molecule has 4 heteroatoms. The highest BCUT2D eigenvalue weighted by Gasteiger charge is 2.23. The van der Waals surface area contributed by atoms with E-state index in [0.717, 1.165) is 6.42 Å². The van der Waals surface area contributed by atoms with Gasteiger partial charge in [-0.3, -0.25) is 4.79 Å². The first-order valence-corrected chi connectivity index (χ1v) is 3.51. The van der Waals surface area contributed by atoms with E-state index >= 15 is 0 Å². The minimum Gasteiger partial charge on any atom is -0.497 e. The molecule has 0 amide bonds. The molecule has 0 aromatic heterocycles. The fraction of sp³-hybridized carbons (Fsp3) is 0.571. The summed E-state index contributed by atoms with van der Waals surface area (Å²) in [5.74, 6) is -1.06. The fourth-order valence-corrected chi connectivity index (χ4v) is 1.02. The Labute approximate surface area is 64.6 Å². The van der Waals surface area contributed by atoms with Crippen molar-refractivity contribution < 1.29 is 14.6 Å². The molecule has 0 aromatic rings. The first-order chi connectivity index (χ1) is 5.25. The van der Waals surface area contributed by atoms with Gasteiger partial charge < -0.3 is 15.6 Å². The zero-order chi connectivity index (χ0) is 8.27. The van der Waals surface area contributed by atoms with Crippen LogP contribution < -0.4 is 5.73 Å². The lowest BCUT2D eigenvalue weighted by Gasteiger charge is -2.10. The van der Waals surface area contributed by atoms with Crippen LogP contribution >= 0.6 is 0 Å². The average molecular weight is 157 g/mol. The van der Waals surface area contributed by atoms with Gasteiger partial charge in [0.2, 0.25) is 0 Å². The quantitative estimate of drug-likeness (QED) is 0.602. The fourth-order valence-electron chi connectivity index (χ4n) is 1.02. The molecule has 4 nitrogen and oxygen atoms in total. The summed E-state index contributed by atoms with van der Waals surface area (Å²) in [6.45, 7) is 0.681. The van der Waals surface area contributed by atoms with Crippen LogP contribution in [0.3, 0.4) is 0 Å². The third kappa shape index (κ3) is 1.71. The van der Waals surface area contributed by atoms with E-state index in [4.69, 9.17) is 15.6 Å². The lowest BCUT2D eigenvalue weighted by atomic mass is 10.1. The monoisotopic (exact) mass is 157 g/mol. The molecule has 0 saturated carbocycles. The predicted octanol–water partition coefficient (Wildman–Crippen LogP) is -0.0499. The summed E-state index contributed by atoms with van der Waals surface area (Å²) in [4.78, 5) is 10.5. The lowest BCUT2D eigenvalue weighted by Crippen LogP contribution is -2.25. The first-order valence-electron chi connectivity index (χ1n) is 3.51. The van der Waals surface area contributed by atoms with E-state index < -0.39 is 11.9 Å². The third-order valence-electron chi connectivity index (χ3n) is 1.61. The van der Waals surface area contributed by atoms with Crippen LogP contribution in [0.4, 0.5) is 0 Å². The van der Waals surface area contributed by atoms with Crippen LogP contribution in [0.25, 0.3) is 0 Å². The number of aliphatic carboxylic acids is 1. The van der Waals surface area contributed by atoms with Gasteiger partial charge in [-0.15, -0.1) is 0 Å². The van der Waals surface area contributed by atoms with Gasteiger partial charge in [0.1, 0.15) is 11.7 Å². The van der Waals surface area contributed by atoms with Gasteiger partial charge in [-0.05, 0) is 6.08 Å². The van der Waals surface area contributed by atoms with Crippen molar-refractivity contribution in [2.24, 2.45) is 11.7 Å². The van der Waals surface area contributed by atoms with Crippen LogP contribution in [0, 0.1) is 5.92 Å². The van der Waals surface area contributed by atoms with Gasteiger partial charge >= 0.3 is 5.97 Å². The van der Waals surface area contributed by atoms with Crippen molar-refractivity contribution in [3.63, 3.8) is 0 Å². The maximum atomic E-state index is 10.5. The van der Waals surface area contributed by atoms with Crippen LogP contribution in [-0.4, -0.2) is 24.2 Å². The van der Waals surface area contributed by atoms with Gasteiger partial charge in [-0.25, -0.2) is 0 Å². The Kier molecular flexibility index (Phi) is 2.48. The molecule has 11 heavy (non-hydrogen) atoms. The number of ether oxygens (including phenoxy) is 1. The standard InChI is InChI=1S/C7H11NO3/c8-4-5(7(9)10)6-2-1-3-11-6/h2,5H,1,3-4,8H2,(H,9,10). The normalized spacial score (nSPS) is 18.8. The van der Waals surface area contributed by atoms with E-state index in [1.165, 1.54) is 0 Å². The maximum Gasteiger partial charge on any atom is 0.315 e. The van der Waals surface area contributed by atoms with Crippen molar-refractivity contribution >= 4 is 5.97 Å². The summed E-state index contributed by atoms with van der Waals surface area (Å²) in [7, 11) is 0. The molecule has 0 fully saturated rings. The van der Waals surface area contributed by atoms with E-state index in [0.29, 0.717) is 12.4 Å². The molecular weight excluding hydrogens is 146 g/mol. The Morgan fingerprint density at radius 1 is 1.91 bits per heavy atom. The molecule has 3 N–H and O–H groups in total. The Morgan fingerprint density at radius 2 is 2.64 bits per heavy atom. The minimum absolute atomic E-state index is 0.0984. The molecule has 0 spiro atoms. The van der Waals surface area contributed by atoms with Gasteiger partial charge in [-0.2, -0.15) is 0 Å². The number of hydrogen-bond donors (Lipinski definition) is 2. The molecule has 1 aliphatic rings. The van der Waals surface area contributed by atoms with Crippen LogP contribution in [-0.2, 0) is 9.53 Å². The number of nitrogens with two attached hydrogens (primary N) is 1. The van der Waals surface area contributed by atoms with Crippen LogP contribution in [0.5, 0.6) is 0 Å². The second-order valence-electron chi connectivity index (χ2n) is 2.37. The second kappa shape index (κ2) is 3.39. The van der Waals surface area contributed by atoms with Gasteiger partial charge in [0, 0.05) is 13.0 Å². The Bertz CT molecular complexity index is 188. The topological polar surface area (TPSA) is 72.6 Å². The minimum atomic E-state index is -0.916. The Morgan fingerprint density at radius 3 is 3.00 bits per heavy atom. The molecule has 0 radical (unpaired) electrons. The lowest BCUT2D eigenvalue weighted by molar-refractivity contribution is -0.141. The molecule has 62 valence electrons. The van der Waals surface area contributed by atoms with Crippen molar-refractivity contribution in [1.29, 1.82) is 0 Å². The number of carbonyl (C=O) groups is 1. The maximum absolute atomic E-state index is 10.5. The highest BCUT2D eigenvalue weighted by molar-refractivity contribution is 5.73. The molecule has 0 saturated heterocycles. The number of rotatable bonds is 3. The first kappa shape index (κ1) is 8.07. The van der Waals surface area contributed by atoms with Gasteiger partial charge in [-0.1, -0.05) is 0 Å². The van der Waals surface area contributed by atoms with E-state index in [9.17, 15) is 4.79 Å². The zero-order valence-corrected chi connectivity index (χ0v) is 6.12. The smallest absolute Gasteiger partial charge is 0.315 e. The van der Waals surface area contributed by atoms with Crippen LogP contribution in [0.1, 0.15) is 6.42 Å². The molecule has 0 aliphatic carbocycles. The van der Waals surface area contributed by atoms with Crippen molar-refractivity contribution in [3.05, 3.63) is 11.8 Å². The van der Waals surface area contributed by atoms with Crippen molar-refractivity contribution in [2.75, 3.05) is 13.2 Å². The van der Waals surface area contributed by atoms with Crippen LogP contribution in [0.2, 0.25) is 0 Å². The number of carboxylic acids is 1. The Balaban J connectivity index is 2.61. The third-order valence-corrected chi connectivity index (χ3v) is 1.61. The zero-order valence-electron chi connectivity index (χ0n) is 6.12. The van der Waals surface area contributed by atoms with Crippen LogP contribution in [0.15, 0.2) is 11.8 Å². The summed E-state index contributed by atoms with van der Waals surface area (Å²) >= 11 is 0. The van der Waals surface area contributed by atoms with E-state index in [2.05, 4.69) is 0 Å². The molecular formula is C7H11NO3. The van der Waals surface area contributed by atoms with E-state index in [1.807, 2.05) is 0 Å².